The Kier molecular flexibility index (Phi) is 4.95. The van der Waals surface area contributed by atoms with Crippen LogP contribution in [0.1, 0.15) is 29.6 Å². The Labute approximate surface area is 143 Å². The Morgan fingerprint density at radius 2 is 2.12 bits per heavy atom. The predicted molar refractivity (Wildman–Crippen MR) is 92.1 cm³/mol. The number of nitrogens with zero attached hydrogens (tertiary/aromatic N) is 2. The topological polar surface area (TPSA) is 99.4 Å². The van der Waals surface area contributed by atoms with Gasteiger partial charge in [0.1, 0.15) is 5.76 Å². The number of aromatic amines is 1. The fourth-order valence-corrected chi connectivity index (χ4v) is 2.70. The number of nitrogens with one attached hydrogen (secondary N) is 1. The Morgan fingerprint density at radius 3 is 2.80 bits per heavy atom. The van der Waals surface area contributed by atoms with Crippen LogP contribution in [0.25, 0.3) is 11.0 Å². The Balaban J connectivity index is 2.01. The Hall–Kier alpha value is -2.93. The summed E-state index contributed by atoms with van der Waals surface area (Å²) in [5.41, 5.74) is 0.342. The lowest BCUT2D eigenvalue weighted by Crippen LogP contribution is -2.44. The number of hydrogen-bond acceptors (Lipinski definition) is 5. The monoisotopic (exact) mass is 341 g/mol. The number of furan rings is 1. The number of benzene rings is 1. The van der Waals surface area contributed by atoms with E-state index in [4.69, 9.17) is 4.42 Å². The summed E-state index contributed by atoms with van der Waals surface area (Å²) in [6, 6.07) is 10.0. The van der Waals surface area contributed by atoms with Gasteiger partial charge in [-0.25, -0.2) is 4.98 Å². The van der Waals surface area contributed by atoms with Gasteiger partial charge in [-0.15, -0.1) is 0 Å². The number of hydrogen-bond donors (Lipinski definition) is 2. The third-order valence-electron chi connectivity index (χ3n) is 4.09. The third-order valence-corrected chi connectivity index (χ3v) is 4.09. The molecule has 1 aromatic carbocycles. The van der Waals surface area contributed by atoms with Crippen LogP contribution < -0.4 is 5.56 Å². The van der Waals surface area contributed by atoms with Crippen LogP contribution in [0.3, 0.4) is 0 Å². The van der Waals surface area contributed by atoms with Gasteiger partial charge in [-0.2, -0.15) is 0 Å². The van der Waals surface area contributed by atoms with Crippen molar-refractivity contribution in [2.75, 3.05) is 6.61 Å². The summed E-state index contributed by atoms with van der Waals surface area (Å²) in [5.74, 6) is 0.0294. The molecule has 0 radical (unpaired) electrons. The molecule has 3 aromatic rings. The lowest BCUT2D eigenvalue weighted by Gasteiger charge is -2.28. The Bertz CT molecular complexity index is 913. The van der Waals surface area contributed by atoms with Gasteiger partial charge < -0.3 is 19.4 Å². The third kappa shape index (κ3) is 3.46. The number of carbonyl (C=O) groups excluding carboxylic acids is 1. The van der Waals surface area contributed by atoms with E-state index < -0.39 is 17.5 Å². The summed E-state index contributed by atoms with van der Waals surface area (Å²) >= 11 is 0. The van der Waals surface area contributed by atoms with Crippen molar-refractivity contribution in [3.63, 3.8) is 0 Å². The van der Waals surface area contributed by atoms with E-state index >= 15 is 0 Å². The fraction of sp³-hybridized carbons (Fsp3) is 0.278. The summed E-state index contributed by atoms with van der Waals surface area (Å²) < 4.78 is 5.31. The number of aliphatic hydroxyl groups excluding tert-OH is 1. The van der Waals surface area contributed by atoms with E-state index in [0.717, 1.165) is 0 Å². The lowest BCUT2D eigenvalue weighted by atomic mass is 10.1. The van der Waals surface area contributed by atoms with Crippen LogP contribution in [-0.2, 0) is 6.54 Å². The molecule has 0 saturated carbocycles. The van der Waals surface area contributed by atoms with E-state index in [9.17, 15) is 14.7 Å². The summed E-state index contributed by atoms with van der Waals surface area (Å²) in [7, 11) is 0. The van der Waals surface area contributed by atoms with Gasteiger partial charge >= 0.3 is 0 Å². The van der Waals surface area contributed by atoms with Crippen LogP contribution in [0.5, 0.6) is 0 Å². The second-order valence-electron chi connectivity index (χ2n) is 5.69. The molecule has 2 N–H and O–H groups in total. The molecule has 7 nitrogen and oxygen atoms in total. The molecule has 1 amide bonds. The highest BCUT2D eigenvalue weighted by Crippen LogP contribution is 2.15. The second-order valence-corrected chi connectivity index (χ2v) is 5.69. The largest absolute Gasteiger partial charge is 0.467 e. The number of para-hydroxylation sites is 2. The van der Waals surface area contributed by atoms with Crippen LogP contribution in [0.2, 0.25) is 0 Å². The minimum absolute atomic E-state index is 0.152. The average Bonchev–Trinajstić information content (AvgIpc) is 3.14. The second kappa shape index (κ2) is 7.31. The van der Waals surface area contributed by atoms with E-state index in [1.165, 1.54) is 11.2 Å². The SMILES string of the molecule is CC[C@H](CO)N(Cc1ccco1)C(=O)c1nc2ccccc2[nH]c1=O. The van der Waals surface area contributed by atoms with Gasteiger partial charge in [0.25, 0.3) is 11.5 Å². The van der Waals surface area contributed by atoms with E-state index in [2.05, 4.69) is 9.97 Å². The number of fused-ring (bicyclic) bond motifs is 1. The molecule has 0 aliphatic carbocycles. The van der Waals surface area contributed by atoms with E-state index in [-0.39, 0.29) is 18.8 Å². The van der Waals surface area contributed by atoms with Crippen molar-refractivity contribution in [2.24, 2.45) is 0 Å². The summed E-state index contributed by atoms with van der Waals surface area (Å²) in [4.78, 5) is 33.6. The van der Waals surface area contributed by atoms with Gasteiger partial charge in [0, 0.05) is 0 Å². The van der Waals surface area contributed by atoms with Gasteiger partial charge in [0.2, 0.25) is 0 Å². The average molecular weight is 341 g/mol. The quantitative estimate of drug-likeness (QED) is 0.714. The highest BCUT2D eigenvalue weighted by atomic mass is 16.3. The molecular formula is C18H19N3O4. The zero-order valence-corrected chi connectivity index (χ0v) is 13.8. The molecular weight excluding hydrogens is 322 g/mol. The van der Waals surface area contributed by atoms with Crippen molar-refractivity contribution >= 4 is 16.9 Å². The normalized spacial score (nSPS) is 12.2. The van der Waals surface area contributed by atoms with Crippen LogP contribution in [0.15, 0.2) is 51.9 Å². The summed E-state index contributed by atoms with van der Waals surface area (Å²) in [6.45, 7) is 1.80. The summed E-state index contributed by atoms with van der Waals surface area (Å²) in [5, 5.41) is 9.63. The number of rotatable bonds is 6. The van der Waals surface area contributed by atoms with Crippen LogP contribution >= 0.6 is 0 Å². The van der Waals surface area contributed by atoms with Crippen LogP contribution in [0.4, 0.5) is 0 Å². The van der Waals surface area contributed by atoms with Crippen molar-refractivity contribution in [2.45, 2.75) is 25.9 Å². The molecule has 0 bridgehead atoms. The van der Waals surface area contributed by atoms with Crippen molar-refractivity contribution in [1.29, 1.82) is 0 Å². The van der Waals surface area contributed by atoms with Gasteiger partial charge in [-0.3, -0.25) is 9.59 Å². The van der Waals surface area contributed by atoms with Crippen molar-refractivity contribution in [3.05, 3.63) is 64.5 Å². The van der Waals surface area contributed by atoms with E-state index in [1.807, 2.05) is 6.92 Å². The molecule has 2 heterocycles. The minimum atomic E-state index is -0.555. The number of carbonyl (C=O) groups is 1. The van der Waals surface area contributed by atoms with Crippen LogP contribution in [-0.4, -0.2) is 38.5 Å². The van der Waals surface area contributed by atoms with Crippen LogP contribution in [0, 0.1) is 0 Å². The molecule has 0 aliphatic heterocycles. The highest BCUT2D eigenvalue weighted by molar-refractivity contribution is 5.93. The molecule has 0 saturated heterocycles. The maximum absolute atomic E-state index is 13.0. The van der Waals surface area contributed by atoms with Gasteiger partial charge in [0.15, 0.2) is 5.69 Å². The van der Waals surface area contributed by atoms with E-state index in [0.29, 0.717) is 23.2 Å². The number of H-pyrrole nitrogens is 1. The molecule has 7 heteroatoms. The van der Waals surface area contributed by atoms with Gasteiger partial charge in [0.05, 0.1) is 36.5 Å². The predicted octanol–water partition coefficient (Wildman–Crippen LogP) is 1.93. The molecule has 25 heavy (non-hydrogen) atoms. The standard InChI is InChI=1S/C18H19N3O4/c1-2-12(11-22)21(10-13-6-5-9-25-13)18(24)16-17(23)20-15-8-4-3-7-14(15)19-16/h3-9,12,22H,2,10-11H2,1H3,(H,20,23)/t12-/m1/s1. The molecule has 2 aromatic heterocycles. The van der Waals surface area contributed by atoms with Crippen molar-refractivity contribution < 1.29 is 14.3 Å². The van der Waals surface area contributed by atoms with Crippen molar-refractivity contribution in [3.8, 4) is 0 Å². The van der Waals surface area contributed by atoms with Gasteiger partial charge in [-0.1, -0.05) is 19.1 Å². The maximum Gasteiger partial charge on any atom is 0.280 e. The smallest absolute Gasteiger partial charge is 0.280 e. The molecule has 1 atom stereocenters. The lowest BCUT2D eigenvalue weighted by molar-refractivity contribution is 0.0537. The Morgan fingerprint density at radius 1 is 1.32 bits per heavy atom. The first kappa shape index (κ1) is 16.9. The number of aliphatic hydroxyl groups is 1. The first-order valence-corrected chi connectivity index (χ1v) is 8.07. The molecule has 130 valence electrons. The molecule has 0 fully saturated rings. The van der Waals surface area contributed by atoms with E-state index in [1.54, 1.807) is 36.4 Å². The van der Waals surface area contributed by atoms with Crippen molar-refractivity contribution in [1.82, 2.24) is 14.9 Å². The molecule has 0 aliphatic rings. The first-order valence-electron chi connectivity index (χ1n) is 8.07. The molecule has 3 rings (SSSR count). The summed E-state index contributed by atoms with van der Waals surface area (Å²) in [6.07, 6.45) is 2.05. The molecule has 0 unspecified atom stereocenters. The first-order chi connectivity index (χ1) is 12.1. The maximum atomic E-state index is 13.0. The molecule has 0 spiro atoms. The fourth-order valence-electron chi connectivity index (χ4n) is 2.70. The number of aromatic nitrogens is 2. The highest BCUT2D eigenvalue weighted by Gasteiger charge is 2.27. The number of amides is 1. The zero-order chi connectivity index (χ0) is 17.8. The minimum Gasteiger partial charge on any atom is -0.467 e. The zero-order valence-electron chi connectivity index (χ0n) is 13.8. The van der Waals surface area contributed by atoms with Gasteiger partial charge in [-0.05, 0) is 30.7 Å².